The molecular weight excluding hydrogens is 254 g/mol. The van der Waals surface area contributed by atoms with E-state index in [1.807, 2.05) is 24.3 Å². The number of amides is 2. The summed E-state index contributed by atoms with van der Waals surface area (Å²) in [6.45, 7) is 1.72. The zero-order valence-electron chi connectivity index (χ0n) is 11.2. The minimum atomic E-state index is -0.454. The van der Waals surface area contributed by atoms with E-state index in [1.54, 1.807) is 19.1 Å². The van der Waals surface area contributed by atoms with E-state index in [4.69, 9.17) is 11.5 Å². The average Bonchev–Trinajstić information content (AvgIpc) is 2.36. The second-order valence-electron chi connectivity index (χ2n) is 4.83. The minimum absolute atomic E-state index is 0.0965. The lowest BCUT2D eigenvalue weighted by Gasteiger charge is -2.13. The minimum Gasteiger partial charge on any atom is -0.398 e. The third kappa shape index (κ3) is 3.06. The molecule has 2 aromatic carbocycles. The largest absolute Gasteiger partial charge is 0.398 e. The summed E-state index contributed by atoms with van der Waals surface area (Å²) in [5.41, 5.74) is 11.8. The number of anilines is 1. The van der Waals surface area contributed by atoms with Crippen molar-refractivity contribution in [3.8, 4) is 0 Å². The summed E-state index contributed by atoms with van der Waals surface area (Å²) >= 11 is 0. The Labute approximate surface area is 116 Å². The number of hydrogen-bond acceptors (Lipinski definition) is 3. The maximum absolute atomic E-state index is 12.2. The van der Waals surface area contributed by atoms with E-state index in [1.165, 1.54) is 0 Å². The molecule has 2 rings (SSSR count). The van der Waals surface area contributed by atoms with Gasteiger partial charge in [0.05, 0.1) is 5.56 Å². The van der Waals surface area contributed by atoms with Crippen LogP contribution in [-0.2, 0) is 4.79 Å². The summed E-state index contributed by atoms with van der Waals surface area (Å²) in [5.74, 6) is -0.758. The molecule has 0 saturated carbocycles. The van der Waals surface area contributed by atoms with Crippen LogP contribution in [0.5, 0.6) is 0 Å². The fourth-order valence-electron chi connectivity index (χ4n) is 2.11. The number of benzene rings is 2. The van der Waals surface area contributed by atoms with Crippen LogP contribution in [0.15, 0.2) is 36.4 Å². The number of rotatable bonds is 4. The number of nitrogens with one attached hydrogen (secondary N) is 1. The smallest absolute Gasteiger partial charge is 0.253 e. The van der Waals surface area contributed by atoms with Gasteiger partial charge in [0.2, 0.25) is 5.91 Å². The molecule has 5 nitrogen and oxygen atoms in total. The van der Waals surface area contributed by atoms with Gasteiger partial charge < -0.3 is 16.8 Å². The molecule has 1 unspecified atom stereocenters. The van der Waals surface area contributed by atoms with Crippen LogP contribution >= 0.6 is 0 Å². The van der Waals surface area contributed by atoms with Crippen molar-refractivity contribution in [3.05, 3.63) is 42.0 Å². The van der Waals surface area contributed by atoms with Gasteiger partial charge in [0, 0.05) is 18.2 Å². The predicted octanol–water partition coefficient (Wildman–Crippen LogP) is 1.42. The molecule has 0 aromatic heterocycles. The van der Waals surface area contributed by atoms with Gasteiger partial charge >= 0.3 is 0 Å². The number of primary amides is 1. The van der Waals surface area contributed by atoms with Crippen LogP contribution < -0.4 is 16.8 Å². The molecule has 0 saturated heterocycles. The van der Waals surface area contributed by atoms with Gasteiger partial charge in [-0.15, -0.1) is 0 Å². The highest BCUT2D eigenvalue weighted by Gasteiger charge is 2.14. The quantitative estimate of drug-likeness (QED) is 0.733. The number of carbonyl (C=O) groups is 2. The Morgan fingerprint density at radius 1 is 1.20 bits per heavy atom. The Morgan fingerprint density at radius 2 is 1.80 bits per heavy atom. The molecule has 104 valence electrons. The van der Waals surface area contributed by atoms with Gasteiger partial charge in [-0.05, 0) is 29.8 Å². The first-order valence-corrected chi connectivity index (χ1v) is 6.35. The maximum atomic E-state index is 12.2. The van der Waals surface area contributed by atoms with Crippen LogP contribution in [0.25, 0.3) is 10.8 Å². The molecule has 0 fully saturated rings. The van der Waals surface area contributed by atoms with Crippen molar-refractivity contribution < 1.29 is 9.59 Å². The second-order valence-corrected chi connectivity index (χ2v) is 4.83. The summed E-state index contributed by atoms with van der Waals surface area (Å²) in [6, 6.07) is 10.8. The van der Waals surface area contributed by atoms with Crippen molar-refractivity contribution in [2.24, 2.45) is 5.73 Å². The van der Waals surface area contributed by atoms with Crippen LogP contribution in [-0.4, -0.2) is 17.9 Å². The van der Waals surface area contributed by atoms with Crippen molar-refractivity contribution in [2.45, 2.75) is 19.4 Å². The predicted molar refractivity (Wildman–Crippen MR) is 79.1 cm³/mol. The van der Waals surface area contributed by atoms with Crippen LogP contribution in [0.3, 0.4) is 0 Å². The van der Waals surface area contributed by atoms with Crippen LogP contribution in [0.2, 0.25) is 0 Å². The molecule has 5 heteroatoms. The standard InChI is InChI=1S/C15H17N3O2/c1-9(6-14(17)19)18-15(20)12-7-10-4-2-3-5-11(10)8-13(12)16/h2-5,7-9H,6,16H2,1H3,(H2,17,19)(H,18,20). The fraction of sp³-hybridized carbons (Fsp3) is 0.200. The van der Waals surface area contributed by atoms with Gasteiger partial charge in [0.25, 0.3) is 5.91 Å². The first-order chi connectivity index (χ1) is 9.47. The SMILES string of the molecule is CC(CC(N)=O)NC(=O)c1cc2ccccc2cc1N. The van der Waals surface area contributed by atoms with E-state index in [-0.39, 0.29) is 18.4 Å². The topological polar surface area (TPSA) is 98.2 Å². The van der Waals surface area contributed by atoms with Crippen molar-refractivity contribution in [1.29, 1.82) is 0 Å². The maximum Gasteiger partial charge on any atom is 0.253 e. The lowest BCUT2D eigenvalue weighted by atomic mass is 10.0. The zero-order valence-corrected chi connectivity index (χ0v) is 11.2. The van der Waals surface area contributed by atoms with Gasteiger partial charge in [-0.2, -0.15) is 0 Å². The molecule has 0 heterocycles. The van der Waals surface area contributed by atoms with Crippen molar-refractivity contribution in [3.63, 3.8) is 0 Å². The number of nitrogens with two attached hydrogens (primary N) is 2. The van der Waals surface area contributed by atoms with Gasteiger partial charge in [-0.25, -0.2) is 0 Å². The third-order valence-corrected chi connectivity index (χ3v) is 3.05. The van der Waals surface area contributed by atoms with Gasteiger partial charge in [0.15, 0.2) is 0 Å². The Balaban J connectivity index is 2.25. The Hall–Kier alpha value is -2.56. The van der Waals surface area contributed by atoms with Crippen LogP contribution in [0.4, 0.5) is 5.69 Å². The summed E-state index contributed by atoms with van der Waals surface area (Å²) in [6.07, 6.45) is 0.0965. The first kappa shape index (κ1) is 13.9. The van der Waals surface area contributed by atoms with E-state index in [9.17, 15) is 9.59 Å². The molecule has 1 atom stereocenters. The molecular formula is C15H17N3O2. The Bertz CT molecular complexity index is 667. The molecule has 0 aliphatic heterocycles. The lowest BCUT2D eigenvalue weighted by molar-refractivity contribution is -0.118. The van der Waals surface area contributed by atoms with E-state index in [0.29, 0.717) is 11.3 Å². The average molecular weight is 271 g/mol. The van der Waals surface area contributed by atoms with Crippen molar-refractivity contribution >= 4 is 28.3 Å². The highest BCUT2D eigenvalue weighted by atomic mass is 16.2. The van der Waals surface area contributed by atoms with Gasteiger partial charge in [-0.3, -0.25) is 9.59 Å². The Morgan fingerprint density at radius 3 is 2.40 bits per heavy atom. The normalized spacial score (nSPS) is 12.1. The molecule has 5 N–H and O–H groups in total. The van der Waals surface area contributed by atoms with Gasteiger partial charge in [-0.1, -0.05) is 24.3 Å². The summed E-state index contributed by atoms with van der Waals surface area (Å²) in [7, 11) is 0. The summed E-state index contributed by atoms with van der Waals surface area (Å²) in [5, 5.41) is 4.63. The highest BCUT2D eigenvalue weighted by molar-refractivity contribution is 6.04. The highest BCUT2D eigenvalue weighted by Crippen LogP contribution is 2.21. The van der Waals surface area contributed by atoms with Crippen molar-refractivity contribution in [2.75, 3.05) is 5.73 Å². The van der Waals surface area contributed by atoms with Crippen LogP contribution in [0, 0.1) is 0 Å². The Kier molecular flexibility index (Phi) is 3.89. The number of fused-ring (bicyclic) bond motifs is 1. The van der Waals surface area contributed by atoms with E-state index in [0.717, 1.165) is 10.8 Å². The molecule has 0 aliphatic carbocycles. The molecule has 0 bridgehead atoms. The molecule has 2 aromatic rings. The fourth-order valence-corrected chi connectivity index (χ4v) is 2.11. The monoisotopic (exact) mass is 271 g/mol. The molecule has 0 spiro atoms. The first-order valence-electron chi connectivity index (χ1n) is 6.35. The zero-order chi connectivity index (χ0) is 14.7. The molecule has 0 radical (unpaired) electrons. The van der Waals surface area contributed by atoms with E-state index in [2.05, 4.69) is 5.32 Å². The summed E-state index contributed by atoms with van der Waals surface area (Å²) in [4.78, 5) is 23.0. The van der Waals surface area contributed by atoms with Crippen molar-refractivity contribution in [1.82, 2.24) is 5.32 Å². The molecule has 20 heavy (non-hydrogen) atoms. The summed E-state index contributed by atoms with van der Waals surface area (Å²) < 4.78 is 0. The number of hydrogen-bond donors (Lipinski definition) is 3. The van der Waals surface area contributed by atoms with Gasteiger partial charge in [0.1, 0.15) is 0 Å². The van der Waals surface area contributed by atoms with E-state index >= 15 is 0 Å². The second kappa shape index (κ2) is 5.61. The third-order valence-electron chi connectivity index (χ3n) is 3.05. The molecule has 2 amide bonds. The number of carbonyl (C=O) groups excluding carboxylic acids is 2. The number of nitrogen functional groups attached to an aromatic ring is 1. The lowest BCUT2D eigenvalue weighted by Crippen LogP contribution is -2.36. The molecule has 0 aliphatic rings. The van der Waals surface area contributed by atoms with Crippen LogP contribution in [0.1, 0.15) is 23.7 Å². The van der Waals surface area contributed by atoms with E-state index < -0.39 is 5.91 Å².